The molecule has 1 aromatic heterocycles. The lowest BCUT2D eigenvalue weighted by Gasteiger charge is -2.27. The van der Waals surface area contributed by atoms with Crippen molar-refractivity contribution in [3.63, 3.8) is 0 Å². The van der Waals surface area contributed by atoms with Gasteiger partial charge in [-0.3, -0.25) is 4.99 Å². The zero-order chi connectivity index (χ0) is 19.7. The number of hydrogen-bond donors (Lipinski definition) is 3. The monoisotopic (exact) mass is 378 g/mol. The molecule has 3 aromatic rings. The molecule has 5 nitrogen and oxygen atoms in total. The van der Waals surface area contributed by atoms with Gasteiger partial charge in [-0.1, -0.05) is 12.5 Å². The number of urea groups is 1. The first-order chi connectivity index (χ1) is 13.5. The summed E-state index contributed by atoms with van der Waals surface area (Å²) < 4.78 is 13.4. The smallest absolute Gasteiger partial charge is 0.312 e. The van der Waals surface area contributed by atoms with Crippen molar-refractivity contribution in [3.05, 3.63) is 54.0 Å². The van der Waals surface area contributed by atoms with Crippen LogP contribution in [-0.4, -0.2) is 23.3 Å². The second-order valence-electron chi connectivity index (χ2n) is 7.34. The Hall–Kier alpha value is -3.15. The van der Waals surface area contributed by atoms with Crippen molar-refractivity contribution in [2.75, 3.05) is 6.54 Å². The molecule has 0 radical (unpaired) electrons. The molecule has 1 aliphatic carbocycles. The lowest BCUT2D eigenvalue weighted by molar-refractivity contribution is 0.250. The lowest BCUT2D eigenvalue weighted by atomic mass is 9.81. The number of aliphatic imine (C=N–C) groups is 1. The van der Waals surface area contributed by atoms with Crippen LogP contribution in [0.3, 0.4) is 0 Å². The quantitative estimate of drug-likeness (QED) is 0.546. The van der Waals surface area contributed by atoms with Gasteiger partial charge < -0.3 is 16.0 Å². The molecule has 6 heteroatoms. The Bertz CT molecular complexity index is 1070. The zero-order valence-corrected chi connectivity index (χ0v) is 15.8. The van der Waals surface area contributed by atoms with Crippen molar-refractivity contribution in [2.24, 2.45) is 16.6 Å². The van der Waals surface area contributed by atoms with Gasteiger partial charge in [0.1, 0.15) is 5.82 Å². The number of nitrogens with one attached hydrogen (secondary N) is 2. The van der Waals surface area contributed by atoms with Crippen LogP contribution in [0.2, 0.25) is 0 Å². The maximum absolute atomic E-state index is 13.4. The van der Waals surface area contributed by atoms with Crippen LogP contribution in [0.1, 0.15) is 24.8 Å². The van der Waals surface area contributed by atoms with Crippen molar-refractivity contribution in [3.8, 4) is 11.1 Å². The third kappa shape index (κ3) is 3.63. The highest BCUT2D eigenvalue weighted by Gasteiger charge is 2.23. The zero-order valence-electron chi connectivity index (χ0n) is 15.8. The van der Waals surface area contributed by atoms with Gasteiger partial charge in [0.05, 0.1) is 12.2 Å². The number of hydrogen-bond acceptors (Lipinski definition) is 2. The molecule has 0 unspecified atom stereocenters. The number of carbonyl (C=O) groups excluding carboxylic acids is 1. The van der Waals surface area contributed by atoms with Crippen LogP contribution in [0.15, 0.2) is 47.6 Å². The minimum Gasteiger partial charge on any atom is -0.360 e. The average molecular weight is 378 g/mol. The molecule has 1 heterocycles. The van der Waals surface area contributed by atoms with Crippen LogP contribution >= 0.6 is 0 Å². The predicted molar refractivity (Wildman–Crippen MR) is 110 cm³/mol. The van der Waals surface area contributed by atoms with E-state index in [1.165, 1.54) is 18.6 Å². The summed E-state index contributed by atoms with van der Waals surface area (Å²) in [6.07, 6.45) is 5.29. The topological polar surface area (TPSA) is 83.3 Å². The first-order valence-corrected chi connectivity index (χ1v) is 9.49. The summed E-state index contributed by atoms with van der Waals surface area (Å²) in [4.78, 5) is 19.1. The number of nitrogens with two attached hydrogens (primary N) is 1. The minimum absolute atomic E-state index is 0.255. The second kappa shape index (κ2) is 7.46. The highest BCUT2D eigenvalue weighted by Crippen LogP contribution is 2.34. The van der Waals surface area contributed by atoms with E-state index in [1.54, 1.807) is 6.07 Å². The van der Waals surface area contributed by atoms with Crippen LogP contribution in [0.25, 0.3) is 22.0 Å². The lowest BCUT2D eigenvalue weighted by Crippen LogP contribution is -2.38. The molecule has 0 saturated heterocycles. The van der Waals surface area contributed by atoms with Crippen LogP contribution in [0.5, 0.6) is 0 Å². The van der Waals surface area contributed by atoms with Gasteiger partial charge >= 0.3 is 6.03 Å². The van der Waals surface area contributed by atoms with Gasteiger partial charge in [0.15, 0.2) is 0 Å². The van der Waals surface area contributed by atoms with Crippen molar-refractivity contribution >= 4 is 28.3 Å². The molecule has 0 bridgehead atoms. The first kappa shape index (κ1) is 18.2. The highest BCUT2D eigenvalue weighted by atomic mass is 19.1. The summed E-state index contributed by atoms with van der Waals surface area (Å²) in [5.41, 5.74) is 11.0. The average Bonchev–Trinajstić information content (AvgIpc) is 3.02. The Kier molecular flexibility index (Phi) is 4.86. The number of fused-ring (bicyclic) bond motifs is 1. The van der Waals surface area contributed by atoms with Crippen molar-refractivity contribution in [1.82, 2.24) is 10.3 Å². The maximum atomic E-state index is 13.4. The van der Waals surface area contributed by atoms with Crippen molar-refractivity contribution in [1.29, 1.82) is 0 Å². The molecule has 4 rings (SSSR count). The van der Waals surface area contributed by atoms with Crippen LogP contribution < -0.4 is 11.1 Å². The molecule has 0 atom stereocenters. The number of benzene rings is 2. The summed E-state index contributed by atoms with van der Waals surface area (Å²) in [6.45, 7) is 2.41. The summed E-state index contributed by atoms with van der Waals surface area (Å²) in [6, 6.07) is 10.3. The fourth-order valence-electron chi connectivity index (χ4n) is 3.63. The van der Waals surface area contributed by atoms with Crippen LogP contribution in [0.4, 0.5) is 14.9 Å². The Labute approximate surface area is 162 Å². The largest absolute Gasteiger partial charge is 0.360 e. The normalized spacial score (nSPS) is 14.9. The summed E-state index contributed by atoms with van der Waals surface area (Å²) in [7, 11) is 0. The number of rotatable bonds is 5. The first-order valence-electron chi connectivity index (χ1n) is 9.49. The minimum atomic E-state index is -0.533. The van der Waals surface area contributed by atoms with Gasteiger partial charge in [0.2, 0.25) is 0 Å². The molecule has 2 amide bonds. The Morgan fingerprint density at radius 3 is 2.79 bits per heavy atom. The molecule has 0 aliphatic heterocycles. The Balaban J connectivity index is 1.65. The Morgan fingerprint density at radius 1 is 1.29 bits per heavy atom. The van der Waals surface area contributed by atoms with Crippen molar-refractivity contribution in [2.45, 2.75) is 26.2 Å². The molecular weight excluding hydrogens is 355 g/mol. The van der Waals surface area contributed by atoms with E-state index in [0.29, 0.717) is 12.5 Å². The van der Waals surface area contributed by atoms with E-state index in [2.05, 4.69) is 16.4 Å². The van der Waals surface area contributed by atoms with E-state index in [0.717, 1.165) is 51.8 Å². The number of amides is 2. The number of carbonyl (C=O) groups is 1. The summed E-state index contributed by atoms with van der Waals surface area (Å²) in [5.74, 6) is 0.157. The molecule has 1 aliphatic rings. The number of halogens is 1. The molecular formula is C22H23FN4O. The fourth-order valence-corrected chi connectivity index (χ4v) is 3.63. The number of H-pyrrole nitrogens is 1. The third-order valence-electron chi connectivity index (χ3n) is 5.44. The van der Waals surface area contributed by atoms with E-state index in [4.69, 9.17) is 10.7 Å². The second-order valence-corrected chi connectivity index (χ2v) is 7.34. The number of aromatic amines is 1. The van der Waals surface area contributed by atoms with Crippen LogP contribution in [-0.2, 0) is 0 Å². The van der Waals surface area contributed by atoms with Crippen molar-refractivity contribution < 1.29 is 9.18 Å². The third-order valence-corrected chi connectivity index (χ3v) is 5.44. The van der Waals surface area contributed by atoms with Gasteiger partial charge in [-0.05, 0) is 67.1 Å². The molecule has 1 fully saturated rings. The molecule has 4 N–H and O–H groups in total. The van der Waals surface area contributed by atoms with Gasteiger partial charge in [0.25, 0.3) is 0 Å². The molecule has 0 spiro atoms. The number of primary amides is 1. The summed E-state index contributed by atoms with van der Waals surface area (Å²) >= 11 is 0. The van der Waals surface area contributed by atoms with Gasteiger partial charge in [-0.25, -0.2) is 9.18 Å². The van der Waals surface area contributed by atoms with E-state index in [1.807, 2.05) is 25.3 Å². The fraction of sp³-hybridized carbons (Fsp3) is 0.273. The maximum Gasteiger partial charge on any atom is 0.312 e. The number of aryl methyl sites for hydroxylation is 1. The predicted octanol–water partition coefficient (Wildman–Crippen LogP) is 4.82. The number of nitrogens with zero attached hydrogens (tertiary/aromatic N) is 1. The molecule has 2 aromatic carbocycles. The molecule has 144 valence electrons. The standard InChI is InChI=1S/C22H23FN4O/c1-13-9-15(18-11-25-20-10-16(23)6-7-17(18)20)5-8-19(13)27-21(12-26-22(24)28)14-3-2-4-14/h5-11,14,25H,2-4,12H2,1H3,(H3,24,26,28). The SMILES string of the molecule is Cc1cc(-c2c[nH]c3cc(F)ccc23)ccc1N=C(CNC(N)=O)C1CCC1. The van der Waals surface area contributed by atoms with Crippen LogP contribution in [0, 0.1) is 18.7 Å². The van der Waals surface area contributed by atoms with Gasteiger partial charge in [0, 0.05) is 28.4 Å². The van der Waals surface area contributed by atoms with E-state index < -0.39 is 6.03 Å². The van der Waals surface area contributed by atoms with E-state index in [9.17, 15) is 9.18 Å². The van der Waals surface area contributed by atoms with Gasteiger partial charge in [-0.15, -0.1) is 0 Å². The molecule has 28 heavy (non-hydrogen) atoms. The highest BCUT2D eigenvalue weighted by molar-refractivity contribution is 5.96. The Morgan fingerprint density at radius 2 is 2.11 bits per heavy atom. The van der Waals surface area contributed by atoms with E-state index >= 15 is 0 Å². The van der Waals surface area contributed by atoms with Gasteiger partial charge in [-0.2, -0.15) is 0 Å². The summed E-state index contributed by atoms with van der Waals surface area (Å²) in [5, 5.41) is 3.65. The number of aromatic nitrogens is 1. The van der Waals surface area contributed by atoms with E-state index in [-0.39, 0.29) is 5.82 Å². The molecule has 1 saturated carbocycles.